The van der Waals surface area contributed by atoms with E-state index in [2.05, 4.69) is 50.3 Å². The molecule has 3 nitrogen and oxygen atoms in total. The number of rotatable bonds is 8. The van der Waals surface area contributed by atoms with Crippen molar-refractivity contribution in [2.24, 2.45) is 0 Å². The van der Waals surface area contributed by atoms with Gasteiger partial charge in [0.2, 0.25) is 0 Å². The Bertz CT molecular complexity index is 397. The quantitative estimate of drug-likeness (QED) is 0.793. The molecule has 1 aromatic rings. The second-order valence-corrected chi connectivity index (χ2v) is 7.48. The normalized spacial score (nSPS) is 16.3. The number of hydrogen-bond donors (Lipinski definition) is 1. The van der Waals surface area contributed by atoms with Crippen LogP contribution in [0.4, 0.5) is 0 Å². The molecule has 0 radical (unpaired) electrons. The molecule has 0 aliphatic heterocycles. The third-order valence-corrected chi connectivity index (χ3v) is 4.83. The first-order valence-electron chi connectivity index (χ1n) is 7.03. The van der Waals surface area contributed by atoms with Gasteiger partial charge < -0.3 is 15.0 Å². The smallest absolute Gasteiger partial charge is 0.0810 e. The first-order chi connectivity index (χ1) is 8.97. The van der Waals surface area contributed by atoms with E-state index in [0.717, 1.165) is 25.8 Å². The molecule has 0 atom stereocenters. The molecular weight excluding hydrogens is 256 g/mol. The zero-order chi connectivity index (χ0) is 13.9. The summed E-state index contributed by atoms with van der Waals surface area (Å²) in [5.41, 5.74) is 0.0909. The molecule has 1 fully saturated rings. The molecule has 2 rings (SSSR count). The van der Waals surface area contributed by atoms with Crippen molar-refractivity contribution in [3.63, 3.8) is 0 Å². The third-order valence-electron chi connectivity index (χ3n) is 3.77. The highest BCUT2D eigenvalue weighted by Crippen LogP contribution is 2.22. The van der Waals surface area contributed by atoms with Crippen molar-refractivity contribution < 1.29 is 4.74 Å². The van der Waals surface area contributed by atoms with Gasteiger partial charge in [-0.1, -0.05) is 0 Å². The lowest BCUT2D eigenvalue weighted by atomic mass is 10.1. The lowest BCUT2D eigenvalue weighted by Crippen LogP contribution is -2.42. The van der Waals surface area contributed by atoms with Crippen molar-refractivity contribution in [1.82, 2.24) is 10.2 Å². The summed E-state index contributed by atoms with van der Waals surface area (Å²) in [4.78, 5) is 4.94. The van der Waals surface area contributed by atoms with Crippen LogP contribution in [0.5, 0.6) is 0 Å². The molecule has 1 heterocycles. The van der Waals surface area contributed by atoms with Crippen molar-refractivity contribution in [3.8, 4) is 0 Å². The van der Waals surface area contributed by atoms with Crippen LogP contribution in [0, 0.1) is 0 Å². The minimum atomic E-state index is 0.0909. The van der Waals surface area contributed by atoms with E-state index in [-0.39, 0.29) is 5.54 Å². The average molecular weight is 282 g/mol. The minimum Gasteiger partial charge on any atom is -0.374 e. The van der Waals surface area contributed by atoms with E-state index in [9.17, 15) is 0 Å². The van der Waals surface area contributed by atoms with E-state index in [1.807, 2.05) is 11.3 Å². The van der Waals surface area contributed by atoms with Gasteiger partial charge in [0, 0.05) is 27.9 Å². The second kappa shape index (κ2) is 6.35. The van der Waals surface area contributed by atoms with Crippen LogP contribution in [0.15, 0.2) is 12.1 Å². The Labute approximate surface area is 121 Å². The molecule has 1 aliphatic rings. The average Bonchev–Trinajstić information content (AvgIpc) is 3.06. The molecule has 0 unspecified atom stereocenters. The fourth-order valence-corrected chi connectivity index (χ4v) is 2.56. The van der Waals surface area contributed by atoms with Crippen molar-refractivity contribution in [1.29, 1.82) is 0 Å². The van der Waals surface area contributed by atoms with E-state index >= 15 is 0 Å². The Hall–Kier alpha value is -0.420. The molecule has 1 aliphatic carbocycles. The molecule has 108 valence electrons. The third kappa shape index (κ3) is 4.88. The fourth-order valence-electron chi connectivity index (χ4n) is 1.66. The van der Waals surface area contributed by atoms with Gasteiger partial charge in [0.15, 0.2) is 0 Å². The van der Waals surface area contributed by atoms with Crippen LogP contribution in [-0.2, 0) is 17.9 Å². The fraction of sp³-hybridized carbons (Fsp3) is 0.733. The van der Waals surface area contributed by atoms with Crippen LogP contribution in [0.2, 0.25) is 0 Å². The first kappa shape index (κ1) is 15.0. The SMILES string of the molecule is CN(C)C(C)(C)COCc1ccc(CNC2CC2)s1. The Balaban J connectivity index is 1.70. The molecule has 0 aromatic carbocycles. The van der Waals surface area contributed by atoms with Crippen molar-refractivity contribution in [2.45, 2.75) is 51.4 Å². The number of likely N-dealkylation sites (N-methyl/N-ethyl adjacent to an activating group) is 1. The summed E-state index contributed by atoms with van der Waals surface area (Å²) in [6.45, 7) is 6.90. The summed E-state index contributed by atoms with van der Waals surface area (Å²) in [7, 11) is 4.19. The monoisotopic (exact) mass is 282 g/mol. The summed E-state index contributed by atoms with van der Waals surface area (Å²) in [5, 5.41) is 3.54. The number of thiophene rings is 1. The Morgan fingerprint density at radius 1 is 1.32 bits per heavy atom. The maximum Gasteiger partial charge on any atom is 0.0810 e. The van der Waals surface area contributed by atoms with Crippen molar-refractivity contribution in [3.05, 3.63) is 21.9 Å². The zero-order valence-corrected chi connectivity index (χ0v) is 13.3. The van der Waals surface area contributed by atoms with Crippen molar-refractivity contribution in [2.75, 3.05) is 20.7 Å². The summed E-state index contributed by atoms with van der Waals surface area (Å²) in [6, 6.07) is 5.19. The predicted molar refractivity (Wildman–Crippen MR) is 81.6 cm³/mol. The van der Waals surface area contributed by atoms with Gasteiger partial charge in [0.05, 0.1) is 13.2 Å². The number of nitrogens with one attached hydrogen (secondary N) is 1. The molecule has 0 amide bonds. The molecule has 1 saturated carbocycles. The Kier molecular flexibility index (Phi) is 5.01. The second-order valence-electron chi connectivity index (χ2n) is 6.22. The summed E-state index contributed by atoms with van der Waals surface area (Å²) < 4.78 is 5.85. The molecule has 0 spiro atoms. The highest BCUT2D eigenvalue weighted by atomic mass is 32.1. The standard InChI is InChI=1S/C15H26N2OS/c1-15(2,17(3)4)11-18-10-14-8-7-13(19-14)9-16-12-5-6-12/h7-8,12,16H,5-6,9-11H2,1-4H3. The molecule has 0 saturated heterocycles. The lowest BCUT2D eigenvalue weighted by molar-refractivity contribution is 0.0285. The molecule has 1 aromatic heterocycles. The predicted octanol–water partition coefficient (Wildman–Crippen LogP) is 2.86. The van der Waals surface area contributed by atoms with Crippen molar-refractivity contribution >= 4 is 11.3 Å². The van der Waals surface area contributed by atoms with Gasteiger partial charge in [-0.3, -0.25) is 0 Å². The van der Waals surface area contributed by atoms with Gasteiger partial charge >= 0.3 is 0 Å². The van der Waals surface area contributed by atoms with E-state index < -0.39 is 0 Å². The lowest BCUT2D eigenvalue weighted by Gasteiger charge is -2.32. The molecule has 1 N–H and O–H groups in total. The number of nitrogens with zero attached hydrogens (tertiary/aromatic N) is 1. The van der Waals surface area contributed by atoms with Crippen LogP contribution in [0.3, 0.4) is 0 Å². The molecule has 19 heavy (non-hydrogen) atoms. The Morgan fingerprint density at radius 2 is 2.00 bits per heavy atom. The highest BCUT2D eigenvalue weighted by molar-refractivity contribution is 7.11. The van der Waals surface area contributed by atoms with Gasteiger partial charge in [0.25, 0.3) is 0 Å². The highest BCUT2D eigenvalue weighted by Gasteiger charge is 2.21. The maximum atomic E-state index is 5.85. The van der Waals surface area contributed by atoms with E-state index in [0.29, 0.717) is 0 Å². The van der Waals surface area contributed by atoms with E-state index in [4.69, 9.17) is 4.74 Å². The van der Waals surface area contributed by atoms with Crippen LogP contribution >= 0.6 is 11.3 Å². The number of ether oxygens (including phenoxy) is 1. The summed E-state index contributed by atoms with van der Waals surface area (Å²) in [5.74, 6) is 0. The largest absolute Gasteiger partial charge is 0.374 e. The van der Waals surface area contributed by atoms with Crippen LogP contribution in [0.25, 0.3) is 0 Å². The van der Waals surface area contributed by atoms with Gasteiger partial charge in [-0.25, -0.2) is 0 Å². The molecule has 4 heteroatoms. The first-order valence-corrected chi connectivity index (χ1v) is 7.85. The van der Waals surface area contributed by atoms with Crippen LogP contribution < -0.4 is 5.32 Å². The minimum absolute atomic E-state index is 0.0909. The van der Waals surface area contributed by atoms with Crippen LogP contribution in [-0.4, -0.2) is 37.2 Å². The summed E-state index contributed by atoms with van der Waals surface area (Å²) >= 11 is 1.86. The Morgan fingerprint density at radius 3 is 2.63 bits per heavy atom. The molecule has 0 bridgehead atoms. The van der Waals surface area contributed by atoms with Gasteiger partial charge in [0.1, 0.15) is 0 Å². The number of hydrogen-bond acceptors (Lipinski definition) is 4. The van der Waals surface area contributed by atoms with Gasteiger partial charge in [-0.2, -0.15) is 0 Å². The van der Waals surface area contributed by atoms with Crippen LogP contribution in [0.1, 0.15) is 36.4 Å². The van der Waals surface area contributed by atoms with Gasteiger partial charge in [-0.05, 0) is 52.9 Å². The molecular formula is C15H26N2OS. The zero-order valence-electron chi connectivity index (χ0n) is 12.5. The van der Waals surface area contributed by atoms with Gasteiger partial charge in [-0.15, -0.1) is 11.3 Å². The van der Waals surface area contributed by atoms with E-state index in [1.54, 1.807) is 0 Å². The maximum absolute atomic E-state index is 5.85. The topological polar surface area (TPSA) is 24.5 Å². The van der Waals surface area contributed by atoms with E-state index in [1.165, 1.54) is 22.6 Å². The summed E-state index contributed by atoms with van der Waals surface area (Å²) in [6.07, 6.45) is 2.70.